The fourth-order valence-corrected chi connectivity index (χ4v) is 2.40. The predicted octanol–water partition coefficient (Wildman–Crippen LogP) is 4.23. The van der Waals surface area contributed by atoms with E-state index in [0.29, 0.717) is 5.95 Å². The summed E-state index contributed by atoms with van der Waals surface area (Å²) >= 11 is 1.67. The maximum atomic E-state index is 4.25. The molecule has 92 valence electrons. The summed E-state index contributed by atoms with van der Waals surface area (Å²) in [6, 6.07) is 5.91. The predicted molar refractivity (Wildman–Crippen MR) is 73.9 cm³/mol. The number of hydrogen-bond acceptors (Lipinski definition) is 5. The third-order valence-electron chi connectivity index (χ3n) is 2.40. The number of aryl methyl sites for hydroxylation is 2. The summed E-state index contributed by atoms with van der Waals surface area (Å²) in [5.74, 6) is 0.378. The number of rotatable bonds is 3. The molecule has 0 radical (unpaired) electrons. The van der Waals surface area contributed by atoms with Crippen molar-refractivity contribution in [3.63, 3.8) is 0 Å². The topological polar surface area (TPSA) is 50.5 Å². The van der Waals surface area contributed by atoms with E-state index in [2.05, 4.69) is 40.1 Å². The third-order valence-corrected chi connectivity index (χ3v) is 3.34. The van der Waals surface area contributed by atoms with Crippen molar-refractivity contribution < 1.29 is 0 Å². The van der Waals surface area contributed by atoms with Crippen LogP contribution in [0.5, 0.6) is 0 Å². The highest BCUT2D eigenvalue weighted by Gasteiger charge is 2.05. The van der Waals surface area contributed by atoms with Gasteiger partial charge in [0.15, 0.2) is 0 Å². The molecule has 0 aliphatic heterocycles. The largest absolute Gasteiger partial charge is 0.268 e. The van der Waals surface area contributed by atoms with Gasteiger partial charge in [0.1, 0.15) is 0 Å². The monoisotopic (exact) mass is 258 g/mol. The van der Waals surface area contributed by atoms with Gasteiger partial charge < -0.3 is 0 Å². The smallest absolute Gasteiger partial charge is 0.218 e. The average molecular weight is 258 g/mol. The van der Waals surface area contributed by atoms with Gasteiger partial charge in [-0.3, -0.25) is 0 Å². The van der Waals surface area contributed by atoms with E-state index in [1.165, 1.54) is 11.1 Å². The normalized spacial score (nSPS) is 11.1. The Morgan fingerprint density at radius 2 is 1.78 bits per heavy atom. The zero-order chi connectivity index (χ0) is 13.0. The molecule has 2 rings (SSSR count). The first-order chi connectivity index (χ1) is 8.70. The molecule has 1 aromatic heterocycles. The van der Waals surface area contributed by atoms with Crippen molar-refractivity contribution in [1.29, 1.82) is 0 Å². The van der Waals surface area contributed by atoms with Crippen LogP contribution >= 0.6 is 11.8 Å². The molecule has 0 amide bonds. The van der Waals surface area contributed by atoms with Crippen molar-refractivity contribution in [2.45, 2.75) is 18.7 Å². The number of benzene rings is 1. The van der Waals surface area contributed by atoms with E-state index < -0.39 is 0 Å². The maximum absolute atomic E-state index is 4.25. The van der Waals surface area contributed by atoms with Gasteiger partial charge in [0.2, 0.25) is 0 Å². The molecule has 0 fully saturated rings. The summed E-state index contributed by atoms with van der Waals surface area (Å²) in [7, 11) is 0. The van der Waals surface area contributed by atoms with Crippen LogP contribution < -0.4 is 0 Å². The van der Waals surface area contributed by atoms with E-state index in [4.69, 9.17) is 0 Å². The second-order valence-electron chi connectivity index (χ2n) is 3.88. The first-order valence-electron chi connectivity index (χ1n) is 5.54. The van der Waals surface area contributed by atoms with Gasteiger partial charge in [0.05, 0.1) is 5.69 Å². The first-order valence-corrected chi connectivity index (χ1v) is 6.77. The molecule has 0 saturated carbocycles. The first kappa shape index (κ1) is 12.7. The Balaban J connectivity index is 2.37. The number of azo groups is 1. The maximum Gasteiger partial charge on any atom is 0.268 e. The lowest BCUT2D eigenvalue weighted by Crippen LogP contribution is -1.83. The van der Waals surface area contributed by atoms with Crippen molar-refractivity contribution in [2.75, 3.05) is 6.26 Å². The summed E-state index contributed by atoms with van der Waals surface area (Å²) in [5, 5.41) is 8.30. The summed E-state index contributed by atoms with van der Waals surface area (Å²) < 4.78 is 0. The van der Waals surface area contributed by atoms with Gasteiger partial charge in [-0.25, -0.2) is 9.97 Å². The van der Waals surface area contributed by atoms with Gasteiger partial charge in [0, 0.05) is 17.3 Å². The summed E-state index contributed by atoms with van der Waals surface area (Å²) in [6.45, 7) is 4.13. The highest BCUT2D eigenvalue weighted by atomic mass is 32.2. The van der Waals surface area contributed by atoms with Crippen LogP contribution in [0.1, 0.15) is 11.1 Å². The lowest BCUT2D eigenvalue weighted by molar-refractivity contribution is 1.05. The van der Waals surface area contributed by atoms with Crippen LogP contribution in [0.2, 0.25) is 0 Å². The van der Waals surface area contributed by atoms with Gasteiger partial charge in [0.25, 0.3) is 5.95 Å². The fraction of sp³-hybridized carbons (Fsp3) is 0.231. The highest BCUT2D eigenvalue weighted by molar-refractivity contribution is 7.98. The summed E-state index contributed by atoms with van der Waals surface area (Å²) in [5.41, 5.74) is 3.26. The Hall–Kier alpha value is -1.75. The third kappa shape index (κ3) is 2.92. The lowest BCUT2D eigenvalue weighted by atomic mass is 10.1. The Kier molecular flexibility index (Phi) is 4.04. The Morgan fingerprint density at radius 1 is 1.06 bits per heavy atom. The Labute approximate surface area is 111 Å². The van der Waals surface area contributed by atoms with Crippen molar-refractivity contribution in [3.05, 3.63) is 41.7 Å². The molecular formula is C13H14N4S. The molecule has 0 bridgehead atoms. The molecule has 0 aliphatic rings. The number of nitrogens with zero attached hydrogens (tertiary/aromatic N) is 4. The molecule has 18 heavy (non-hydrogen) atoms. The van der Waals surface area contributed by atoms with Crippen molar-refractivity contribution in [3.8, 4) is 0 Å². The average Bonchev–Trinajstić information content (AvgIpc) is 2.37. The lowest BCUT2D eigenvalue weighted by Gasteiger charge is -2.07. The van der Waals surface area contributed by atoms with Gasteiger partial charge in [-0.2, -0.15) is 0 Å². The quantitative estimate of drug-likeness (QED) is 0.611. The van der Waals surface area contributed by atoms with E-state index >= 15 is 0 Å². The molecule has 4 nitrogen and oxygen atoms in total. The minimum atomic E-state index is 0.378. The van der Waals surface area contributed by atoms with Gasteiger partial charge in [-0.05, 0) is 43.4 Å². The molecule has 1 aromatic carbocycles. The minimum Gasteiger partial charge on any atom is -0.218 e. The van der Waals surface area contributed by atoms with Crippen LogP contribution in [-0.2, 0) is 0 Å². The number of aromatic nitrogens is 2. The van der Waals surface area contributed by atoms with Crippen molar-refractivity contribution in [1.82, 2.24) is 9.97 Å². The molecule has 1 heterocycles. The summed E-state index contributed by atoms with van der Waals surface area (Å²) in [6.07, 6.45) is 5.34. The van der Waals surface area contributed by atoms with Gasteiger partial charge in [-0.1, -0.05) is 6.07 Å². The van der Waals surface area contributed by atoms with Crippen LogP contribution in [0.4, 0.5) is 11.6 Å². The fourth-order valence-electron chi connectivity index (χ4n) is 1.71. The van der Waals surface area contributed by atoms with Crippen LogP contribution in [0, 0.1) is 13.8 Å². The molecule has 5 heteroatoms. The van der Waals surface area contributed by atoms with Gasteiger partial charge in [-0.15, -0.1) is 22.0 Å². The zero-order valence-electron chi connectivity index (χ0n) is 10.6. The van der Waals surface area contributed by atoms with Crippen LogP contribution in [0.15, 0.2) is 45.7 Å². The van der Waals surface area contributed by atoms with Crippen LogP contribution in [0.25, 0.3) is 0 Å². The molecular weight excluding hydrogens is 244 g/mol. The highest BCUT2D eigenvalue weighted by Crippen LogP contribution is 2.33. The van der Waals surface area contributed by atoms with Crippen LogP contribution in [0.3, 0.4) is 0 Å². The molecule has 2 aromatic rings. The number of thioether (sulfide) groups is 1. The zero-order valence-corrected chi connectivity index (χ0v) is 11.4. The van der Waals surface area contributed by atoms with E-state index in [1.807, 2.05) is 12.3 Å². The SMILES string of the molecule is CSc1c(C)cc(C)cc1N=Nc1ncccn1. The van der Waals surface area contributed by atoms with E-state index in [9.17, 15) is 0 Å². The Morgan fingerprint density at radius 3 is 2.44 bits per heavy atom. The second kappa shape index (κ2) is 5.73. The molecule has 0 atom stereocenters. The van der Waals surface area contributed by atoms with Crippen molar-refractivity contribution in [2.24, 2.45) is 10.2 Å². The van der Waals surface area contributed by atoms with Crippen LogP contribution in [-0.4, -0.2) is 16.2 Å². The summed E-state index contributed by atoms with van der Waals surface area (Å²) in [4.78, 5) is 9.17. The Bertz CT molecular complexity index is 567. The van der Waals surface area contributed by atoms with E-state index in [0.717, 1.165) is 10.6 Å². The molecule has 0 spiro atoms. The van der Waals surface area contributed by atoms with E-state index in [1.54, 1.807) is 30.2 Å². The van der Waals surface area contributed by atoms with Gasteiger partial charge >= 0.3 is 0 Å². The molecule has 0 N–H and O–H groups in total. The molecule has 0 unspecified atom stereocenters. The minimum absolute atomic E-state index is 0.378. The molecule has 0 saturated heterocycles. The van der Waals surface area contributed by atoms with E-state index in [-0.39, 0.29) is 0 Å². The van der Waals surface area contributed by atoms with Crippen molar-refractivity contribution >= 4 is 23.4 Å². The number of hydrogen-bond donors (Lipinski definition) is 0. The molecule has 0 aliphatic carbocycles. The second-order valence-corrected chi connectivity index (χ2v) is 4.70. The standard InChI is InChI=1S/C13H14N4S/c1-9-7-10(2)12(18-3)11(8-9)16-17-13-14-5-4-6-15-13/h4-8H,1-3H3.